The van der Waals surface area contributed by atoms with E-state index in [4.69, 9.17) is 23.2 Å². The molecule has 184 valence electrons. The molecule has 0 unspecified atom stereocenters. The van der Waals surface area contributed by atoms with Crippen molar-refractivity contribution in [3.63, 3.8) is 0 Å². The summed E-state index contributed by atoms with van der Waals surface area (Å²) in [4.78, 5) is 28.2. The van der Waals surface area contributed by atoms with E-state index in [0.29, 0.717) is 5.82 Å². The number of aryl methyl sites for hydroxylation is 2. The van der Waals surface area contributed by atoms with Crippen LogP contribution in [0.4, 0.5) is 34.4 Å². The Morgan fingerprint density at radius 2 is 1.17 bits per heavy atom. The first-order valence-corrected chi connectivity index (χ1v) is 11.2. The van der Waals surface area contributed by atoms with Gasteiger partial charge in [-0.2, -0.15) is 0 Å². The van der Waals surface area contributed by atoms with Gasteiger partial charge in [-0.15, -0.1) is 0 Å². The molecule has 4 aromatic rings. The Morgan fingerprint density at radius 1 is 0.667 bits per heavy atom. The Labute approximate surface area is 216 Å². The van der Waals surface area contributed by atoms with Crippen LogP contribution in [0, 0.1) is 34.1 Å². The van der Waals surface area contributed by atoms with Crippen LogP contribution in [-0.2, 0) is 0 Å². The first-order chi connectivity index (χ1) is 17.1. The van der Waals surface area contributed by atoms with Gasteiger partial charge in [-0.3, -0.25) is 20.2 Å². The summed E-state index contributed by atoms with van der Waals surface area (Å²) in [6.45, 7) is 3.99. The number of pyridine rings is 2. The zero-order chi connectivity index (χ0) is 26.2. The Hall–Kier alpha value is -4.28. The van der Waals surface area contributed by atoms with E-state index in [0.717, 1.165) is 22.5 Å². The molecule has 12 heteroatoms. The molecule has 0 atom stereocenters. The van der Waals surface area contributed by atoms with Gasteiger partial charge in [0, 0.05) is 23.5 Å². The van der Waals surface area contributed by atoms with Crippen LogP contribution in [0.1, 0.15) is 11.1 Å². The molecule has 0 bridgehead atoms. The smallest absolute Gasteiger partial charge is 0.311 e. The Morgan fingerprint density at radius 3 is 1.67 bits per heavy atom. The van der Waals surface area contributed by atoms with E-state index in [1.165, 1.54) is 18.2 Å². The maximum atomic E-state index is 11.3. The number of rotatable bonds is 6. The lowest BCUT2D eigenvalue weighted by Gasteiger charge is -2.10. The highest BCUT2D eigenvalue weighted by molar-refractivity contribution is 6.33. The van der Waals surface area contributed by atoms with Crippen molar-refractivity contribution >= 4 is 57.6 Å². The van der Waals surface area contributed by atoms with Crippen LogP contribution in [0.25, 0.3) is 0 Å². The number of nitro groups is 2. The quantitative estimate of drug-likeness (QED) is 0.150. The van der Waals surface area contributed by atoms with Gasteiger partial charge in [0.1, 0.15) is 11.0 Å². The molecule has 2 aromatic carbocycles. The fourth-order valence-corrected chi connectivity index (χ4v) is 3.27. The van der Waals surface area contributed by atoms with Gasteiger partial charge in [-0.1, -0.05) is 58.6 Å². The number of nitrogens with one attached hydrogen (secondary N) is 2. The van der Waals surface area contributed by atoms with Gasteiger partial charge in [0.05, 0.1) is 9.85 Å². The summed E-state index contributed by atoms with van der Waals surface area (Å²) in [7, 11) is 0. The highest BCUT2D eigenvalue weighted by Crippen LogP contribution is 2.28. The van der Waals surface area contributed by atoms with Gasteiger partial charge >= 0.3 is 11.4 Å². The van der Waals surface area contributed by atoms with Crippen molar-refractivity contribution in [1.82, 2.24) is 9.97 Å². The average molecular weight is 527 g/mol. The minimum absolute atomic E-state index is 0.0740. The third kappa shape index (κ3) is 7.36. The summed E-state index contributed by atoms with van der Waals surface area (Å²) >= 11 is 10.8. The van der Waals surface area contributed by atoms with Crippen molar-refractivity contribution in [2.75, 3.05) is 10.6 Å². The van der Waals surface area contributed by atoms with E-state index in [2.05, 4.69) is 20.6 Å². The Bertz CT molecular complexity index is 1380. The molecule has 2 aromatic heterocycles. The van der Waals surface area contributed by atoms with Crippen molar-refractivity contribution in [2.24, 2.45) is 0 Å². The summed E-state index contributed by atoms with van der Waals surface area (Å²) in [5.74, 6) is 0.732. The van der Waals surface area contributed by atoms with Gasteiger partial charge in [0.2, 0.25) is 11.0 Å². The zero-order valence-electron chi connectivity index (χ0n) is 19.1. The summed E-state index contributed by atoms with van der Waals surface area (Å²) in [5, 5.41) is 27.6. The normalized spacial score (nSPS) is 10.1. The van der Waals surface area contributed by atoms with Crippen molar-refractivity contribution in [2.45, 2.75) is 13.8 Å². The van der Waals surface area contributed by atoms with Crippen molar-refractivity contribution in [3.8, 4) is 0 Å². The molecule has 0 fully saturated rings. The summed E-state index contributed by atoms with van der Waals surface area (Å²) in [5.41, 5.74) is 3.57. The molecule has 0 saturated carbocycles. The first kappa shape index (κ1) is 26.3. The van der Waals surface area contributed by atoms with Crippen LogP contribution in [-0.4, -0.2) is 19.8 Å². The highest BCUT2D eigenvalue weighted by Gasteiger charge is 2.16. The number of anilines is 4. The molecule has 2 heterocycles. The molecule has 0 spiro atoms. The number of hydrogen-bond donors (Lipinski definition) is 2. The first-order valence-electron chi connectivity index (χ1n) is 10.4. The SMILES string of the molecule is Cc1ccc(Nc2ccc([N+](=O)[O-])c(Nc3ccc(C)cc3)n2)cc1.O=[N+]([O-])c1ccc(Cl)nc1Cl. The topological polar surface area (TPSA) is 136 Å². The molecule has 0 amide bonds. The van der Waals surface area contributed by atoms with E-state index in [1.807, 2.05) is 62.4 Å². The molecule has 2 N–H and O–H groups in total. The van der Waals surface area contributed by atoms with Gasteiger partial charge in [0.25, 0.3) is 0 Å². The molecular weight excluding hydrogens is 507 g/mol. The summed E-state index contributed by atoms with van der Waals surface area (Å²) < 4.78 is 0. The van der Waals surface area contributed by atoms with E-state index >= 15 is 0 Å². The fraction of sp³-hybridized carbons (Fsp3) is 0.0833. The number of nitrogens with zero attached hydrogens (tertiary/aromatic N) is 4. The molecule has 0 aliphatic carbocycles. The van der Waals surface area contributed by atoms with Crippen LogP contribution in [0.2, 0.25) is 10.3 Å². The minimum Gasteiger partial charge on any atom is -0.340 e. The monoisotopic (exact) mass is 526 g/mol. The molecule has 36 heavy (non-hydrogen) atoms. The average Bonchev–Trinajstić information content (AvgIpc) is 2.82. The third-order valence-electron chi connectivity index (χ3n) is 4.70. The fourth-order valence-electron chi connectivity index (χ4n) is 2.86. The molecule has 10 nitrogen and oxygen atoms in total. The second kappa shape index (κ2) is 11.9. The molecule has 0 aliphatic rings. The molecule has 0 radical (unpaired) electrons. The predicted molar refractivity (Wildman–Crippen MR) is 141 cm³/mol. The maximum absolute atomic E-state index is 11.3. The minimum atomic E-state index is -0.619. The molecule has 0 aliphatic heterocycles. The van der Waals surface area contributed by atoms with E-state index in [9.17, 15) is 20.2 Å². The van der Waals surface area contributed by atoms with Crippen LogP contribution >= 0.6 is 23.2 Å². The van der Waals surface area contributed by atoms with Crippen LogP contribution in [0.3, 0.4) is 0 Å². The summed E-state index contributed by atoms with van der Waals surface area (Å²) in [6, 6.07) is 21.0. The molecular formula is C24H20Cl2N6O4. The molecule has 0 saturated heterocycles. The van der Waals surface area contributed by atoms with E-state index in [1.54, 1.807) is 6.07 Å². The lowest BCUT2D eigenvalue weighted by molar-refractivity contribution is -0.385. The third-order valence-corrected chi connectivity index (χ3v) is 5.19. The number of halogens is 2. The maximum Gasteiger partial charge on any atom is 0.311 e. The van der Waals surface area contributed by atoms with Gasteiger partial charge in [-0.25, -0.2) is 9.97 Å². The Balaban J connectivity index is 0.000000275. The number of hydrogen-bond acceptors (Lipinski definition) is 8. The van der Waals surface area contributed by atoms with Gasteiger partial charge in [-0.05, 0) is 50.2 Å². The second-order valence-corrected chi connectivity index (χ2v) is 8.25. The van der Waals surface area contributed by atoms with Gasteiger partial charge < -0.3 is 10.6 Å². The standard InChI is InChI=1S/C19H18N4O2.C5H2Cl2N2O2/c1-13-3-7-15(8-4-13)20-18-12-11-17(23(24)25)19(22-18)21-16-9-5-14(2)6-10-16;6-4-2-1-3(9(10)11)5(7)8-4/h3-12H,1-2H3,(H2,20,21,22);1-2H. The van der Waals surface area contributed by atoms with Crippen molar-refractivity contribution in [1.29, 1.82) is 0 Å². The zero-order valence-corrected chi connectivity index (χ0v) is 20.6. The van der Waals surface area contributed by atoms with E-state index < -0.39 is 9.85 Å². The van der Waals surface area contributed by atoms with Crippen LogP contribution in [0.5, 0.6) is 0 Å². The van der Waals surface area contributed by atoms with Crippen LogP contribution < -0.4 is 10.6 Å². The molecule has 4 rings (SSSR count). The highest BCUT2D eigenvalue weighted by atomic mass is 35.5. The Kier molecular flexibility index (Phi) is 8.71. The van der Waals surface area contributed by atoms with Gasteiger partial charge in [0.15, 0.2) is 0 Å². The lowest BCUT2D eigenvalue weighted by atomic mass is 10.2. The number of aromatic nitrogens is 2. The van der Waals surface area contributed by atoms with Crippen molar-refractivity contribution < 1.29 is 9.85 Å². The number of benzene rings is 2. The summed E-state index contributed by atoms with van der Waals surface area (Å²) in [6.07, 6.45) is 0. The largest absolute Gasteiger partial charge is 0.340 e. The van der Waals surface area contributed by atoms with E-state index in [-0.39, 0.29) is 27.5 Å². The van der Waals surface area contributed by atoms with Crippen LogP contribution in [0.15, 0.2) is 72.8 Å². The van der Waals surface area contributed by atoms with Crippen molar-refractivity contribution in [3.05, 3.63) is 114 Å². The predicted octanol–water partition coefficient (Wildman–Crippen LogP) is 7.39. The lowest BCUT2D eigenvalue weighted by Crippen LogP contribution is -2.02. The second-order valence-electron chi connectivity index (χ2n) is 7.50.